The van der Waals surface area contributed by atoms with Crippen LogP contribution in [0.2, 0.25) is 0 Å². The molecule has 0 N–H and O–H groups in total. The smallest absolute Gasteiger partial charge is 0.164 e. The van der Waals surface area contributed by atoms with E-state index >= 15 is 0 Å². The average molecular weight is 830 g/mol. The molecular weight excluding hydrogens is 795 g/mol. The molecule has 302 valence electrons. The van der Waals surface area contributed by atoms with Crippen molar-refractivity contribution in [2.75, 3.05) is 0 Å². The lowest BCUT2D eigenvalue weighted by Crippen LogP contribution is -2.01. The fourth-order valence-corrected chi connectivity index (χ4v) is 10.2. The van der Waals surface area contributed by atoms with Gasteiger partial charge in [-0.25, -0.2) is 15.0 Å². The summed E-state index contributed by atoms with van der Waals surface area (Å²) in [6.45, 7) is 0. The summed E-state index contributed by atoms with van der Waals surface area (Å²) in [5.74, 6) is 1.81. The quantitative estimate of drug-likeness (QED) is 0.173. The lowest BCUT2D eigenvalue weighted by atomic mass is 9.98. The molecule has 0 atom stereocenters. The number of aromatic nitrogens is 5. The van der Waals surface area contributed by atoms with Gasteiger partial charge in [0.25, 0.3) is 0 Å². The maximum absolute atomic E-state index is 6.96. The molecule has 14 aromatic rings. The predicted octanol–water partition coefficient (Wildman–Crippen LogP) is 15.3. The van der Waals surface area contributed by atoms with Gasteiger partial charge in [-0.1, -0.05) is 152 Å². The van der Waals surface area contributed by atoms with Crippen molar-refractivity contribution in [2.24, 2.45) is 0 Å². The summed E-state index contributed by atoms with van der Waals surface area (Å²) in [7, 11) is 0. The molecule has 4 heterocycles. The van der Waals surface area contributed by atoms with Gasteiger partial charge in [0.2, 0.25) is 0 Å². The SMILES string of the molecule is c1ccc(-c2nc(-c3ccc4ccccc4c3)nc(-c3cc4c5ccccc5oc4c4c(-n5c6ccccc6c6cc7c8ccccc8n(-c8ccccc8)c7cc65)cccc34)n2)cc1. The molecule has 6 nitrogen and oxygen atoms in total. The summed E-state index contributed by atoms with van der Waals surface area (Å²) >= 11 is 0. The van der Waals surface area contributed by atoms with Crippen LogP contribution in [-0.4, -0.2) is 24.1 Å². The summed E-state index contributed by atoms with van der Waals surface area (Å²) in [5.41, 5.74) is 11.0. The largest absolute Gasteiger partial charge is 0.455 e. The molecule has 65 heavy (non-hydrogen) atoms. The van der Waals surface area contributed by atoms with Gasteiger partial charge in [-0.3, -0.25) is 0 Å². The van der Waals surface area contributed by atoms with Crippen molar-refractivity contribution in [3.63, 3.8) is 0 Å². The van der Waals surface area contributed by atoms with Crippen molar-refractivity contribution >= 4 is 87.1 Å². The van der Waals surface area contributed by atoms with Crippen LogP contribution < -0.4 is 0 Å². The van der Waals surface area contributed by atoms with Crippen molar-refractivity contribution in [3.05, 3.63) is 212 Å². The lowest BCUT2D eigenvalue weighted by molar-refractivity contribution is 0.672. The average Bonchev–Trinajstić information content (AvgIpc) is 4.02. The molecule has 0 spiro atoms. The fraction of sp³-hybridized carbons (Fsp3) is 0. The maximum Gasteiger partial charge on any atom is 0.164 e. The number of hydrogen-bond donors (Lipinski definition) is 0. The molecule has 0 aliphatic rings. The number of fused-ring (bicyclic) bond motifs is 12. The number of rotatable bonds is 5. The molecule has 10 aromatic carbocycles. The van der Waals surface area contributed by atoms with Gasteiger partial charge in [0, 0.05) is 60.1 Å². The molecule has 4 aromatic heterocycles. The van der Waals surface area contributed by atoms with Gasteiger partial charge in [0.1, 0.15) is 11.2 Å². The highest BCUT2D eigenvalue weighted by Gasteiger charge is 2.24. The first-order valence-corrected chi connectivity index (χ1v) is 21.9. The summed E-state index contributed by atoms with van der Waals surface area (Å²) in [6, 6.07) is 75.0. The Balaban J connectivity index is 1.10. The number of furan rings is 1. The Hall–Kier alpha value is -8.87. The van der Waals surface area contributed by atoms with Crippen molar-refractivity contribution in [1.29, 1.82) is 0 Å². The van der Waals surface area contributed by atoms with Gasteiger partial charge in [0.05, 0.1) is 27.8 Å². The van der Waals surface area contributed by atoms with E-state index in [4.69, 9.17) is 19.4 Å². The Kier molecular flexibility index (Phi) is 7.59. The third-order valence-electron chi connectivity index (χ3n) is 13.1. The molecule has 0 aliphatic carbocycles. The van der Waals surface area contributed by atoms with Crippen LogP contribution in [0.25, 0.3) is 133 Å². The summed E-state index contributed by atoms with van der Waals surface area (Å²) in [4.78, 5) is 15.8. The van der Waals surface area contributed by atoms with Crippen LogP contribution in [0.1, 0.15) is 0 Å². The normalized spacial score (nSPS) is 12.0. The zero-order chi connectivity index (χ0) is 42.6. The highest BCUT2D eigenvalue weighted by atomic mass is 16.3. The van der Waals surface area contributed by atoms with Crippen LogP contribution in [0.4, 0.5) is 0 Å². The molecule has 0 unspecified atom stereocenters. The molecule has 0 aliphatic heterocycles. The second kappa shape index (κ2) is 13.8. The minimum absolute atomic E-state index is 0.590. The van der Waals surface area contributed by atoms with Crippen LogP contribution in [0.3, 0.4) is 0 Å². The molecule has 0 bridgehead atoms. The lowest BCUT2D eigenvalue weighted by Gasteiger charge is -2.15. The third-order valence-corrected chi connectivity index (χ3v) is 13.1. The van der Waals surface area contributed by atoms with Gasteiger partial charge < -0.3 is 13.6 Å². The molecule has 0 saturated heterocycles. The van der Waals surface area contributed by atoms with Crippen LogP contribution in [-0.2, 0) is 0 Å². The second-order valence-electron chi connectivity index (χ2n) is 16.8. The van der Waals surface area contributed by atoms with Crippen LogP contribution in [0, 0.1) is 0 Å². The van der Waals surface area contributed by atoms with Gasteiger partial charge in [-0.05, 0) is 76.8 Å². The minimum atomic E-state index is 0.590. The minimum Gasteiger partial charge on any atom is -0.455 e. The molecule has 0 saturated carbocycles. The Morgan fingerprint density at radius 3 is 1.72 bits per heavy atom. The standard InChI is InChI=1S/C59H35N5O/c1-3-17-37(18-4-1)57-60-58(39-31-30-36-16-7-8-19-38(36)32-39)62-59(61-57)48-34-47-43-24-11-14-29-54(43)65-56(47)55-44(48)25-15-28-51(55)64-50-27-13-10-23-42(50)46-33-45-41-22-9-12-26-49(41)63(52(45)35-53(46)64)40-20-5-2-6-21-40/h1-35H. The predicted molar refractivity (Wildman–Crippen MR) is 267 cm³/mol. The van der Waals surface area contributed by atoms with E-state index in [1.54, 1.807) is 0 Å². The zero-order valence-electron chi connectivity index (χ0n) is 34.9. The van der Waals surface area contributed by atoms with Crippen molar-refractivity contribution in [3.8, 4) is 45.5 Å². The van der Waals surface area contributed by atoms with Gasteiger partial charge >= 0.3 is 0 Å². The van der Waals surface area contributed by atoms with E-state index in [-0.39, 0.29) is 0 Å². The molecular formula is C59H35N5O. The molecule has 6 heteroatoms. The van der Waals surface area contributed by atoms with Crippen molar-refractivity contribution < 1.29 is 4.42 Å². The van der Waals surface area contributed by atoms with Gasteiger partial charge in [0.15, 0.2) is 17.5 Å². The third kappa shape index (κ3) is 5.38. The van der Waals surface area contributed by atoms with Crippen LogP contribution in [0.15, 0.2) is 217 Å². The number of para-hydroxylation sites is 4. The number of hydrogen-bond acceptors (Lipinski definition) is 4. The van der Waals surface area contributed by atoms with Gasteiger partial charge in [-0.15, -0.1) is 0 Å². The van der Waals surface area contributed by atoms with Crippen molar-refractivity contribution in [2.45, 2.75) is 0 Å². The van der Waals surface area contributed by atoms with Crippen LogP contribution >= 0.6 is 0 Å². The van der Waals surface area contributed by atoms with E-state index in [2.05, 4.69) is 197 Å². The van der Waals surface area contributed by atoms with E-state index in [1.165, 1.54) is 27.1 Å². The first kappa shape index (κ1) is 35.7. The van der Waals surface area contributed by atoms with E-state index in [0.29, 0.717) is 17.5 Å². The van der Waals surface area contributed by atoms with Gasteiger partial charge in [-0.2, -0.15) is 0 Å². The van der Waals surface area contributed by atoms with E-state index < -0.39 is 0 Å². The summed E-state index contributed by atoms with van der Waals surface area (Å²) in [5, 5.41) is 11.1. The molecule has 14 rings (SSSR count). The first-order chi connectivity index (χ1) is 32.2. The van der Waals surface area contributed by atoms with E-state index in [1.807, 2.05) is 24.3 Å². The fourth-order valence-electron chi connectivity index (χ4n) is 10.2. The number of benzene rings is 10. The van der Waals surface area contributed by atoms with E-state index in [9.17, 15) is 0 Å². The van der Waals surface area contributed by atoms with Crippen molar-refractivity contribution in [1.82, 2.24) is 24.1 Å². The Labute approximate surface area is 371 Å². The molecule has 0 amide bonds. The van der Waals surface area contributed by atoms with E-state index in [0.717, 1.165) is 88.1 Å². The Bertz CT molecular complexity index is 4240. The first-order valence-electron chi connectivity index (χ1n) is 21.9. The Morgan fingerprint density at radius 2 is 0.938 bits per heavy atom. The number of nitrogens with zero attached hydrogens (tertiary/aromatic N) is 5. The summed E-state index contributed by atoms with van der Waals surface area (Å²) in [6.07, 6.45) is 0. The zero-order valence-corrected chi connectivity index (χ0v) is 34.9. The summed E-state index contributed by atoms with van der Waals surface area (Å²) < 4.78 is 11.8. The second-order valence-corrected chi connectivity index (χ2v) is 16.8. The Morgan fingerprint density at radius 1 is 0.338 bits per heavy atom. The topological polar surface area (TPSA) is 61.7 Å². The maximum atomic E-state index is 6.96. The highest BCUT2D eigenvalue weighted by Crippen LogP contribution is 2.45. The molecule has 0 fully saturated rings. The van der Waals surface area contributed by atoms with Crippen LogP contribution in [0.5, 0.6) is 0 Å². The monoisotopic (exact) mass is 829 g/mol. The highest BCUT2D eigenvalue weighted by molar-refractivity contribution is 6.24. The molecule has 0 radical (unpaired) electrons.